The molecule has 1 heterocycles. The predicted octanol–water partition coefficient (Wildman–Crippen LogP) is 0.662. The molecule has 0 aliphatic rings. The van der Waals surface area contributed by atoms with Gasteiger partial charge in [0.25, 0.3) is 0 Å². The molecule has 1 rings (SSSR count). The predicted molar refractivity (Wildman–Crippen MR) is 43.6 cm³/mol. The molecular weight excluding hydrogens is 156 g/mol. The van der Waals surface area contributed by atoms with Crippen LogP contribution in [0, 0.1) is 6.92 Å². The van der Waals surface area contributed by atoms with Gasteiger partial charge in [0, 0.05) is 19.9 Å². The lowest BCUT2D eigenvalue weighted by molar-refractivity contribution is -0.120. The number of nitrogens with zero attached hydrogens (tertiary/aromatic N) is 1. The second kappa shape index (κ2) is 3.90. The summed E-state index contributed by atoms with van der Waals surface area (Å²) in [5, 5.41) is 2.53. The number of carbonyl (C=O) groups excluding carboxylic acids is 1. The molecule has 0 bridgehead atoms. The van der Waals surface area contributed by atoms with Crippen LogP contribution in [0.25, 0.3) is 0 Å². The van der Waals surface area contributed by atoms with E-state index in [0.717, 1.165) is 5.69 Å². The fraction of sp³-hybridized carbons (Fsp3) is 0.500. The van der Waals surface area contributed by atoms with Crippen molar-refractivity contribution in [3.63, 3.8) is 0 Å². The van der Waals surface area contributed by atoms with Crippen LogP contribution in [0.2, 0.25) is 0 Å². The highest BCUT2D eigenvalue weighted by atomic mass is 16.3. The first-order valence-electron chi connectivity index (χ1n) is 3.84. The lowest BCUT2D eigenvalue weighted by Gasteiger charge is -1.94. The van der Waals surface area contributed by atoms with Gasteiger partial charge in [-0.1, -0.05) is 0 Å². The monoisotopic (exact) mass is 168 g/mol. The maximum Gasteiger partial charge on any atom is 0.220 e. The van der Waals surface area contributed by atoms with Gasteiger partial charge in [0.05, 0.1) is 5.69 Å². The summed E-state index contributed by atoms with van der Waals surface area (Å²) < 4.78 is 5.07. The number of hydrogen-bond acceptors (Lipinski definition) is 3. The molecule has 0 unspecified atom stereocenters. The van der Waals surface area contributed by atoms with E-state index in [2.05, 4.69) is 10.3 Å². The van der Waals surface area contributed by atoms with Crippen LogP contribution in [0.3, 0.4) is 0 Å². The summed E-state index contributed by atoms with van der Waals surface area (Å²) in [6.07, 6.45) is 2.57. The summed E-state index contributed by atoms with van der Waals surface area (Å²) in [6, 6.07) is 0. The first kappa shape index (κ1) is 8.77. The third-order valence-electron chi connectivity index (χ3n) is 1.51. The molecule has 4 nitrogen and oxygen atoms in total. The topological polar surface area (TPSA) is 55.1 Å². The minimum atomic E-state index is 0.00542. The molecule has 0 radical (unpaired) electrons. The molecule has 0 fully saturated rings. The van der Waals surface area contributed by atoms with Crippen LogP contribution in [0.1, 0.15) is 18.0 Å². The molecule has 0 atom stereocenters. The van der Waals surface area contributed by atoms with Gasteiger partial charge in [0.15, 0.2) is 5.89 Å². The SMILES string of the molecule is CNC(=O)CCc1nc(C)co1. The van der Waals surface area contributed by atoms with Crippen LogP contribution in [-0.2, 0) is 11.2 Å². The Bertz CT molecular complexity index is 268. The second-order valence-electron chi connectivity index (χ2n) is 2.56. The van der Waals surface area contributed by atoms with Crippen molar-refractivity contribution in [1.82, 2.24) is 10.3 Å². The van der Waals surface area contributed by atoms with Gasteiger partial charge in [-0.05, 0) is 6.92 Å². The Labute approximate surface area is 71.0 Å². The van der Waals surface area contributed by atoms with E-state index in [-0.39, 0.29) is 5.91 Å². The lowest BCUT2D eigenvalue weighted by Crippen LogP contribution is -2.17. The molecule has 1 amide bonds. The van der Waals surface area contributed by atoms with E-state index >= 15 is 0 Å². The maximum atomic E-state index is 10.8. The Hall–Kier alpha value is -1.32. The van der Waals surface area contributed by atoms with Crippen LogP contribution in [0.4, 0.5) is 0 Å². The molecule has 4 heteroatoms. The zero-order valence-electron chi connectivity index (χ0n) is 7.26. The minimum absolute atomic E-state index is 0.00542. The highest BCUT2D eigenvalue weighted by Gasteiger charge is 2.03. The summed E-state index contributed by atoms with van der Waals surface area (Å²) >= 11 is 0. The molecule has 0 saturated carbocycles. The van der Waals surface area contributed by atoms with Crippen LogP contribution < -0.4 is 5.32 Å². The standard InChI is InChI=1S/C8H12N2O2/c1-6-5-12-8(10-6)4-3-7(11)9-2/h5H,3-4H2,1-2H3,(H,9,11). The highest BCUT2D eigenvalue weighted by molar-refractivity contribution is 5.75. The lowest BCUT2D eigenvalue weighted by atomic mass is 10.3. The van der Waals surface area contributed by atoms with Gasteiger partial charge in [0.1, 0.15) is 6.26 Å². The molecule has 12 heavy (non-hydrogen) atoms. The molecule has 0 aliphatic heterocycles. The van der Waals surface area contributed by atoms with Crippen molar-refractivity contribution >= 4 is 5.91 Å². The van der Waals surface area contributed by atoms with Gasteiger partial charge in [-0.25, -0.2) is 4.98 Å². The van der Waals surface area contributed by atoms with Crippen LogP contribution >= 0.6 is 0 Å². The molecule has 0 spiro atoms. The number of aromatic nitrogens is 1. The minimum Gasteiger partial charge on any atom is -0.449 e. The van der Waals surface area contributed by atoms with E-state index < -0.39 is 0 Å². The molecule has 1 aromatic heterocycles. The van der Waals surface area contributed by atoms with Crippen LogP contribution in [0.15, 0.2) is 10.7 Å². The Morgan fingerprint density at radius 1 is 1.75 bits per heavy atom. The Morgan fingerprint density at radius 2 is 2.50 bits per heavy atom. The van der Waals surface area contributed by atoms with Crippen molar-refractivity contribution in [2.45, 2.75) is 19.8 Å². The maximum absolute atomic E-state index is 10.8. The molecular formula is C8H12N2O2. The molecule has 0 aliphatic carbocycles. The van der Waals surface area contributed by atoms with Crippen LogP contribution in [-0.4, -0.2) is 17.9 Å². The van der Waals surface area contributed by atoms with Gasteiger partial charge >= 0.3 is 0 Å². The zero-order chi connectivity index (χ0) is 8.97. The number of aryl methyl sites for hydroxylation is 2. The van der Waals surface area contributed by atoms with E-state index in [4.69, 9.17) is 4.42 Å². The summed E-state index contributed by atoms with van der Waals surface area (Å²) in [7, 11) is 1.61. The summed E-state index contributed by atoms with van der Waals surface area (Å²) in [5.74, 6) is 0.627. The summed E-state index contributed by atoms with van der Waals surface area (Å²) in [4.78, 5) is 14.9. The molecule has 0 aromatic carbocycles. The first-order valence-corrected chi connectivity index (χ1v) is 3.84. The first-order chi connectivity index (χ1) is 5.72. The van der Waals surface area contributed by atoms with E-state index in [1.54, 1.807) is 13.3 Å². The van der Waals surface area contributed by atoms with Gasteiger partial charge in [0.2, 0.25) is 5.91 Å². The third-order valence-corrected chi connectivity index (χ3v) is 1.51. The zero-order valence-corrected chi connectivity index (χ0v) is 7.26. The van der Waals surface area contributed by atoms with E-state index in [1.807, 2.05) is 6.92 Å². The van der Waals surface area contributed by atoms with Crippen molar-refractivity contribution in [2.75, 3.05) is 7.05 Å². The van der Waals surface area contributed by atoms with Crippen molar-refractivity contribution in [2.24, 2.45) is 0 Å². The average molecular weight is 168 g/mol. The smallest absolute Gasteiger partial charge is 0.220 e. The normalized spacial score (nSPS) is 9.83. The molecule has 66 valence electrons. The number of carbonyl (C=O) groups is 1. The van der Waals surface area contributed by atoms with Crippen molar-refractivity contribution in [3.05, 3.63) is 17.8 Å². The Kier molecular flexibility index (Phi) is 2.85. The fourth-order valence-corrected chi connectivity index (χ4v) is 0.863. The van der Waals surface area contributed by atoms with Crippen molar-refractivity contribution < 1.29 is 9.21 Å². The average Bonchev–Trinajstić information content (AvgIpc) is 2.47. The molecule has 1 aromatic rings. The van der Waals surface area contributed by atoms with E-state index in [1.165, 1.54) is 0 Å². The summed E-state index contributed by atoms with van der Waals surface area (Å²) in [5.41, 5.74) is 0.849. The number of hydrogen-bond donors (Lipinski definition) is 1. The quantitative estimate of drug-likeness (QED) is 0.721. The largest absolute Gasteiger partial charge is 0.449 e. The Morgan fingerprint density at radius 3 is 3.00 bits per heavy atom. The van der Waals surface area contributed by atoms with E-state index in [0.29, 0.717) is 18.7 Å². The van der Waals surface area contributed by atoms with Crippen molar-refractivity contribution in [3.8, 4) is 0 Å². The third kappa shape index (κ3) is 2.38. The molecule has 1 N–H and O–H groups in total. The summed E-state index contributed by atoms with van der Waals surface area (Å²) in [6.45, 7) is 1.85. The van der Waals surface area contributed by atoms with Crippen molar-refractivity contribution in [1.29, 1.82) is 0 Å². The molecule has 0 saturated heterocycles. The van der Waals surface area contributed by atoms with Gasteiger partial charge in [-0.2, -0.15) is 0 Å². The van der Waals surface area contributed by atoms with Crippen LogP contribution in [0.5, 0.6) is 0 Å². The number of rotatable bonds is 3. The number of amides is 1. The Balaban J connectivity index is 2.38. The van der Waals surface area contributed by atoms with Gasteiger partial charge in [-0.3, -0.25) is 4.79 Å². The highest BCUT2D eigenvalue weighted by Crippen LogP contribution is 2.02. The second-order valence-corrected chi connectivity index (χ2v) is 2.56. The fourth-order valence-electron chi connectivity index (χ4n) is 0.863. The van der Waals surface area contributed by atoms with Gasteiger partial charge in [-0.15, -0.1) is 0 Å². The van der Waals surface area contributed by atoms with Gasteiger partial charge < -0.3 is 9.73 Å². The van der Waals surface area contributed by atoms with E-state index in [9.17, 15) is 4.79 Å². The number of nitrogens with one attached hydrogen (secondary N) is 1. The number of oxazole rings is 1.